The Bertz CT molecular complexity index is 478. The van der Waals surface area contributed by atoms with Crippen LogP contribution in [0.5, 0.6) is 0 Å². The number of nitrogens with zero attached hydrogens (tertiary/aromatic N) is 2. The number of pyridine rings is 1. The van der Waals surface area contributed by atoms with Gasteiger partial charge in [0.2, 0.25) is 0 Å². The molecule has 0 unspecified atom stereocenters. The summed E-state index contributed by atoms with van der Waals surface area (Å²) in [7, 11) is 0. The normalized spacial score (nSPS) is 10.8. The van der Waals surface area contributed by atoms with Crippen molar-refractivity contribution in [1.29, 1.82) is 0 Å². The van der Waals surface area contributed by atoms with Gasteiger partial charge in [0.15, 0.2) is 0 Å². The second-order valence-electron chi connectivity index (χ2n) is 3.86. The van der Waals surface area contributed by atoms with Crippen molar-refractivity contribution in [3.05, 3.63) is 30.3 Å². The van der Waals surface area contributed by atoms with Crippen LogP contribution in [0.4, 0.5) is 10.2 Å². The summed E-state index contributed by atoms with van der Waals surface area (Å²) in [5.74, 6) is 0.389. The molecule has 2 N–H and O–H groups in total. The second kappa shape index (κ2) is 4.30. The number of aromatic amines is 1. The SMILES string of the molecule is CC(C)Nc1cc(-c2cncc(F)c2)[nH]n1. The van der Waals surface area contributed by atoms with Crippen LogP contribution >= 0.6 is 0 Å². The average molecular weight is 220 g/mol. The Morgan fingerprint density at radius 1 is 1.31 bits per heavy atom. The Hall–Kier alpha value is -1.91. The first-order valence-electron chi connectivity index (χ1n) is 5.08. The summed E-state index contributed by atoms with van der Waals surface area (Å²) < 4.78 is 13.0. The van der Waals surface area contributed by atoms with Gasteiger partial charge in [0, 0.05) is 23.9 Å². The number of aromatic nitrogens is 3. The van der Waals surface area contributed by atoms with E-state index in [1.807, 2.05) is 19.9 Å². The first-order chi connectivity index (χ1) is 7.65. The highest BCUT2D eigenvalue weighted by atomic mass is 19.1. The average Bonchev–Trinajstić information content (AvgIpc) is 2.65. The Labute approximate surface area is 92.9 Å². The number of rotatable bonds is 3. The van der Waals surface area contributed by atoms with E-state index >= 15 is 0 Å². The predicted octanol–water partition coefficient (Wildman–Crippen LogP) is 2.43. The van der Waals surface area contributed by atoms with E-state index in [0.717, 1.165) is 11.5 Å². The fraction of sp³-hybridized carbons (Fsp3) is 0.273. The highest BCUT2D eigenvalue weighted by Gasteiger charge is 2.05. The quantitative estimate of drug-likeness (QED) is 0.835. The van der Waals surface area contributed by atoms with Crippen LogP contribution in [0.1, 0.15) is 13.8 Å². The Kier molecular flexibility index (Phi) is 2.85. The summed E-state index contributed by atoms with van der Waals surface area (Å²) in [6.45, 7) is 4.05. The molecule has 0 bridgehead atoms. The van der Waals surface area contributed by atoms with E-state index < -0.39 is 0 Å². The van der Waals surface area contributed by atoms with Crippen molar-refractivity contribution in [3.8, 4) is 11.3 Å². The topological polar surface area (TPSA) is 53.6 Å². The molecule has 0 saturated heterocycles. The Morgan fingerprint density at radius 2 is 2.12 bits per heavy atom. The third kappa shape index (κ3) is 2.36. The van der Waals surface area contributed by atoms with E-state index in [4.69, 9.17) is 0 Å². The van der Waals surface area contributed by atoms with Crippen LogP contribution in [-0.2, 0) is 0 Å². The maximum atomic E-state index is 13.0. The number of halogens is 1. The third-order valence-electron chi connectivity index (χ3n) is 2.03. The van der Waals surface area contributed by atoms with Crippen molar-refractivity contribution in [2.75, 3.05) is 5.32 Å². The van der Waals surface area contributed by atoms with E-state index in [1.54, 1.807) is 6.20 Å². The first kappa shape index (κ1) is 10.6. The second-order valence-corrected chi connectivity index (χ2v) is 3.86. The summed E-state index contributed by atoms with van der Waals surface area (Å²) in [5.41, 5.74) is 1.43. The molecular formula is C11H13FN4. The minimum absolute atomic E-state index is 0.307. The van der Waals surface area contributed by atoms with Crippen molar-refractivity contribution < 1.29 is 4.39 Å². The van der Waals surface area contributed by atoms with Crippen molar-refractivity contribution in [1.82, 2.24) is 15.2 Å². The minimum atomic E-state index is -0.356. The van der Waals surface area contributed by atoms with Crippen LogP contribution in [0.2, 0.25) is 0 Å². The maximum Gasteiger partial charge on any atom is 0.148 e. The lowest BCUT2D eigenvalue weighted by molar-refractivity contribution is 0.622. The molecule has 5 heteroatoms. The summed E-state index contributed by atoms with van der Waals surface area (Å²) >= 11 is 0. The largest absolute Gasteiger partial charge is 0.366 e. The molecule has 0 spiro atoms. The van der Waals surface area contributed by atoms with Crippen LogP contribution in [0.3, 0.4) is 0 Å². The van der Waals surface area contributed by atoms with Gasteiger partial charge in [-0.1, -0.05) is 0 Å². The van der Waals surface area contributed by atoms with E-state index in [2.05, 4.69) is 20.5 Å². The van der Waals surface area contributed by atoms with Crippen LogP contribution in [0, 0.1) is 5.82 Å². The van der Waals surface area contributed by atoms with E-state index in [-0.39, 0.29) is 5.82 Å². The predicted molar refractivity (Wildman–Crippen MR) is 60.5 cm³/mol. The molecule has 0 aliphatic rings. The summed E-state index contributed by atoms with van der Waals surface area (Å²) in [5, 5.41) is 10.1. The van der Waals surface area contributed by atoms with Crippen molar-refractivity contribution in [2.24, 2.45) is 0 Å². The van der Waals surface area contributed by atoms with Crippen LogP contribution in [0.15, 0.2) is 24.5 Å². The van der Waals surface area contributed by atoms with Gasteiger partial charge in [-0.3, -0.25) is 10.1 Å². The number of hydrogen-bond donors (Lipinski definition) is 2. The van der Waals surface area contributed by atoms with E-state index in [9.17, 15) is 4.39 Å². The zero-order chi connectivity index (χ0) is 11.5. The summed E-state index contributed by atoms with van der Waals surface area (Å²) in [6, 6.07) is 3.55. The molecule has 0 fully saturated rings. The van der Waals surface area contributed by atoms with Gasteiger partial charge in [0.25, 0.3) is 0 Å². The zero-order valence-corrected chi connectivity index (χ0v) is 9.16. The molecular weight excluding hydrogens is 207 g/mol. The monoisotopic (exact) mass is 220 g/mol. The molecule has 0 radical (unpaired) electrons. The lowest BCUT2D eigenvalue weighted by Gasteiger charge is -2.04. The lowest BCUT2D eigenvalue weighted by atomic mass is 10.2. The van der Waals surface area contributed by atoms with Crippen molar-refractivity contribution in [2.45, 2.75) is 19.9 Å². The fourth-order valence-electron chi connectivity index (χ4n) is 1.40. The number of nitrogens with one attached hydrogen (secondary N) is 2. The Morgan fingerprint density at radius 3 is 2.81 bits per heavy atom. The molecule has 84 valence electrons. The zero-order valence-electron chi connectivity index (χ0n) is 9.16. The first-order valence-corrected chi connectivity index (χ1v) is 5.08. The fourth-order valence-corrected chi connectivity index (χ4v) is 1.40. The highest BCUT2D eigenvalue weighted by Crippen LogP contribution is 2.19. The van der Waals surface area contributed by atoms with Gasteiger partial charge in [-0.05, 0) is 19.9 Å². The lowest BCUT2D eigenvalue weighted by Crippen LogP contribution is -2.09. The molecule has 16 heavy (non-hydrogen) atoms. The molecule has 0 saturated carbocycles. The van der Waals surface area contributed by atoms with Gasteiger partial charge < -0.3 is 5.32 Å². The van der Waals surface area contributed by atoms with E-state index in [0.29, 0.717) is 11.6 Å². The number of H-pyrrole nitrogens is 1. The molecule has 0 aromatic carbocycles. The molecule has 0 aliphatic heterocycles. The highest BCUT2D eigenvalue weighted by molar-refractivity contribution is 5.61. The summed E-state index contributed by atoms with van der Waals surface area (Å²) in [4.78, 5) is 3.79. The van der Waals surface area contributed by atoms with E-state index in [1.165, 1.54) is 12.3 Å². The van der Waals surface area contributed by atoms with Crippen molar-refractivity contribution >= 4 is 5.82 Å². The molecule has 2 aromatic heterocycles. The third-order valence-corrected chi connectivity index (χ3v) is 2.03. The summed E-state index contributed by atoms with van der Waals surface area (Å²) in [6.07, 6.45) is 2.77. The Balaban J connectivity index is 2.24. The smallest absolute Gasteiger partial charge is 0.148 e. The van der Waals surface area contributed by atoms with Gasteiger partial charge in [0.05, 0.1) is 11.9 Å². The van der Waals surface area contributed by atoms with Gasteiger partial charge in [-0.2, -0.15) is 5.10 Å². The molecule has 2 rings (SSSR count). The van der Waals surface area contributed by atoms with Gasteiger partial charge in [-0.15, -0.1) is 0 Å². The maximum absolute atomic E-state index is 13.0. The standard InChI is InChI=1S/C11H13FN4/c1-7(2)14-11-4-10(15-16-11)8-3-9(12)6-13-5-8/h3-7H,1-2H3,(H2,14,15,16). The molecule has 0 aliphatic carbocycles. The minimum Gasteiger partial charge on any atom is -0.366 e. The van der Waals surface area contributed by atoms with Crippen molar-refractivity contribution in [3.63, 3.8) is 0 Å². The van der Waals surface area contributed by atoms with Gasteiger partial charge in [-0.25, -0.2) is 4.39 Å². The molecule has 0 amide bonds. The van der Waals surface area contributed by atoms with Gasteiger partial charge in [0.1, 0.15) is 11.6 Å². The number of anilines is 1. The van der Waals surface area contributed by atoms with Gasteiger partial charge >= 0.3 is 0 Å². The van der Waals surface area contributed by atoms with Crippen LogP contribution < -0.4 is 5.32 Å². The number of hydrogen-bond acceptors (Lipinski definition) is 3. The molecule has 0 atom stereocenters. The van der Waals surface area contributed by atoms with Crippen LogP contribution in [0.25, 0.3) is 11.3 Å². The molecule has 2 heterocycles. The van der Waals surface area contributed by atoms with Crippen LogP contribution in [-0.4, -0.2) is 21.2 Å². The molecule has 2 aromatic rings. The molecule has 4 nitrogen and oxygen atoms in total.